The molecule has 1 aromatic carbocycles. The van der Waals surface area contributed by atoms with Crippen LogP contribution in [0.15, 0.2) is 53.6 Å². The molecule has 0 aliphatic rings. The summed E-state index contributed by atoms with van der Waals surface area (Å²) in [6.45, 7) is 0.628. The minimum atomic E-state index is -3.68. The number of benzene rings is 1. The zero-order valence-corrected chi connectivity index (χ0v) is 10.4. The zero-order chi connectivity index (χ0) is 13.0. The van der Waals surface area contributed by atoms with Crippen LogP contribution in [0.3, 0.4) is 0 Å². The van der Waals surface area contributed by atoms with E-state index in [0.29, 0.717) is 12.4 Å². The predicted octanol–water partition coefficient (Wildman–Crippen LogP) is 1.34. The van der Waals surface area contributed by atoms with E-state index in [1.165, 1.54) is 12.3 Å². The van der Waals surface area contributed by atoms with Crippen LogP contribution in [0.25, 0.3) is 0 Å². The van der Waals surface area contributed by atoms with E-state index >= 15 is 0 Å². The Kier molecular flexibility index (Phi) is 3.59. The van der Waals surface area contributed by atoms with Crippen molar-refractivity contribution in [1.82, 2.24) is 4.98 Å². The Morgan fingerprint density at radius 2 is 1.83 bits per heavy atom. The summed E-state index contributed by atoms with van der Waals surface area (Å²) in [4.78, 5) is 4.00. The van der Waals surface area contributed by atoms with Crippen LogP contribution >= 0.6 is 0 Å². The van der Waals surface area contributed by atoms with E-state index in [1.54, 1.807) is 6.07 Å². The Morgan fingerprint density at radius 1 is 1.11 bits per heavy atom. The fourth-order valence-corrected chi connectivity index (χ4v) is 1.90. The second kappa shape index (κ2) is 5.16. The van der Waals surface area contributed by atoms with Gasteiger partial charge >= 0.3 is 0 Å². The number of aromatic nitrogens is 1. The van der Waals surface area contributed by atoms with Crippen LogP contribution in [0.1, 0.15) is 5.56 Å². The lowest BCUT2D eigenvalue weighted by Crippen LogP contribution is -2.12. The van der Waals surface area contributed by atoms with Gasteiger partial charge in [-0.3, -0.25) is 0 Å². The van der Waals surface area contributed by atoms with Gasteiger partial charge in [-0.05, 0) is 17.7 Å². The summed E-state index contributed by atoms with van der Waals surface area (Å²) in [6, 6.07) is 12.8. The van der Waals surface area contributed by atoms with Gasteiger partial charge in [0, 0.05) is 12.7 Å². The zero-order valence-electron chi connectivity index (χ0n) is 9.58. The quantitative estimate of drug-likeness (QED) is 0.871. The molecule has 0 aliphatic heterocycles. The van der Waals surface area contributed by atoms with Gasteiger partial charge in [-0.15, -0.1) is 0 Å². The molecular weight excluding hydrogens is 250 g/mol. The lowest BCUT2D eigenvalue weighted by atomic mass is 10.2. The van der Waals surface area contributed by atoms with Crippen LogP contribution < -0.4 is 10.5 Å². The number of nitrogens with one attached hydrogen (secondary N) is 1. The molecule has 2 rings (SSSR count). The summed E-state index contributed by atoms with van der Waals surface area (Å²) in [5, 5.41) is 8.08. The first kappa shape index (κ1) is 12.5. The van der Waals surface area contributed by atoms with E-state index in [-0.39, 0.29) is 4.90 Å². The highest BCUT2D eigenvalue weighted by Gasteiger charge is 2.07. The molecule has 0 atom stereocenters. The third kappa shape index (κ3) is 3.28. The summed E-state index contributed by atoms with van der Waals surface area (Å²) in [6.07, 6.45) is 1.24. The molecule has 2 aromatic rings. The second-order valence-corrected chi connectivity index (χ2v) is 5.32. The lowest BCUT2D eigenvalue weighted by Gasteiger charge is -2.06. The number of nitrogens with two attached hydrogens (primary N) is 1. The monoisotopic (exact) mass is 263 g/mol. The highest BCUT2D eigenvalue weighted by Crippen LogP contribution is 2.10. The van der Waals surface area contributed by atoms with E-state index in [4.69, 9.17) is 5.14 Å². The molecular formula is C12H13N3O2S. The van der Waals surface area contributed by atoms with Crippen LogP contribution in [-0.2, 0) is 16.6 Å². The minimum Gasteiger partial charge on any atom is -0.366 e. The molecule has 1 heterocycles. The van der Waals surface area contributed by atoms with Crippen molar-refractivity contribution in [3.8, 4) is 0 Å². The molecule has 0 unspecified atom stereocenters. The topological polar surface area (TPSA) is 85.1 Å². The number of hydrogen-bond donors (Lipinski definition) is 2. The number of nitrogens with zero attached hydrogens (tertiary/aromatic N) is 1. The number of primary sulfonamides is 1. The molecule has 0 radical (unpaired) electrons. The van der Waals surface area contributed by atoms with Gasteiger partial charge in [-0.25, -0.2) is 18.5 Å². The standard InChI is InChI=1S/C12H13N3O2S/c13-18(16,17)11-6-7-12(15-9-11)14-8-10-4-2-1-3-5-10/h1-7,9H,8H2,(H,14,15)(H2,13,16,17). The average Bonchev–Trinajstić information content (AvgIpc) is 2.37. The summed E-state index contributed by atoms with van der Waals surface area (Å²) in [7, 11) is -3.68. The van der Waals surface area contributed by atoms with Crippen LogP contribution in [-0.4, -0.2) is 13.4 Å². The molecule has 5 nitrogen and oxygen atoms in total. The van der Waals surface area contributed by atoms with Crippen molar-refractivity contribution in [3.05, 3.63) is 54.2 Å². The van der Waals surface area contributed by atoms with Crippen molar-refractivity contribution in [3.63, 3.8) is 0 Å². The van der Waals surface area contributed by atoms with Gasteiger partial charge < -0.3 is 5.32 Å². The molecule has 0 saturated carbocycles. The Bertz CT molecular complexity index is 610. The average molecular weight is 263 g/mol. The first-order valence-corrected chi connectivity index (χ1v) is 6.87. The Hall–Kier alpha value is -1.92. The van der Waals surface area contributed by atoms with Gasteiger partial charge in [0.2, 0.25) is 10.0 Å². The molecule has 0 saturated heterocycles. The fourth-order valence-electron chi connectivity index (χ4n) is 1.44. The molecule has 0 aliphatic carbocycles. The first-order valence-electron chi connectivity index (χ1n) is 5.32. The van der Waals surface area contributed by atoms with Crippen molar-refractivity contribution in [2.24, 2.45) is 5.14 Å². The molecule has 0 bridgehead atoms. The molecule has 0 spiro atoms. The van der Waals surface area contributed by atoms with Gasteiger partial charge in [0.05, 0.1) is 0 Å². The van der Waals surface area contributed by atoms with Crippen molar-refractivity contribution in [2.45, 2.75) is 11.4 Å². The molecule has 0 amide bonds. The van der Waals surface area contributed by atoms with Crippen molar-refractivity contribution >= 4 is 15.8 Å². The number of rotatable bonds is 4. The van der Waals surface area contributed by atoms with E-state index in [2.05, 4.69) is 10.3 Å². The predicted molar refractivity (Wildman–Crippen MR) is 69.4 cm³/mol. The maximum Gasteiger partial charge on any atom is 0.239 e. The van der Waals surface area contributed by atoms with Crippen LogP contribution in [0, 0.1) is 0 Å². The Morgan fingerprint density at radius 3 is 2.39 bits per heavy atom. The number of pyridine rings is 1. The summed E-state index contributed by atoms with van der Waals surface area (Å²) in [5.74, 6) is 0.603. The first-order chi connectivity index (χ1) is 8.55. The highest BCUT2D eigenvalue weighted by atomic mass is 32.2. The van der Waals surface area contributed by atoms with Gasteiger partial charge in [0.15, 0.2) is 0 Å². The highest BCUT2D eigenvalue weighted by molar-refractivity contribution is 7.89. The van der Waals surface area contributed by atoms with Gasteiger partial charge in [0.1, 0.15) is 10.7 Å². The van der Waals surface area contributed by atoms with E-state index in [9.17, 15) is 8.42 Å². The third-order valence-corrected chi connectivity index (χ3v) is 3.28. The molecule has 6 heteroatoms. The van der Waals surface area contributed by atoms with E-state index in [0.717, 1.165) is 5.56 Å². The van der Waals surface area contributed by atoms with Crippen LogP contribution in [0.5, 0.6) is 0 Å². The maximum atomic E-state index is 11.0. The van der Waals surface area contributed by atoms with Gasteiger partial charge in [-0.2, -0.15) is 0 Å². The fraction of sp³-hybridized carbons (Fsp3) is 0.0833. The van der Waals surface area contributed by atoms with Crippen LogP contribution in [0.4, 0.5) is 5.82 Å². The Balaban J connectivity index is 2.03. The van der Waals surface area contributed by atoms with E-state index < -0.39 is 10.0 Å². The lowest BCUT2D eigenvalue weighted by molar-refractivity contribution is 0.597. The third-order valence-electron chi connectivity index (χ3n) is 2.38. The van der Waals surface area contributed by atoms with Crippen LogP contribution in [0.2, 0.25) is 0 Å². The Labute approximate surface area is 106 Å². The SMILES string of the molecule is NS(=O)(=O)c1ccc(NCc2ccccc2)nc1. The van der Waals surface area contributed by atoms with Gasteiger partial charge in [-0.1, -0.05) is 30.3 Å². The largest absolute Gasteiger partial charge is 0.366 e. The summed E-state index contributed by atoms with van der Waals surface area (Å²) < 4.78 is 22.1. The van der Waals surface area contributed by atoms with Crippen molar-refractivity contribution in [1.29, 1.82) is 0 Å². The summed E-state index contributed by atoms with van der Waals surface area (Å²) >= 11 is 0. The number of sulfonamides is 1. The minimum absolute atomic E-state index is 0.00719. The molecule has 3 N–H and O–H groups in total. The molecule has 0 fully saturated rings. The van der Waals surface area contributed by atoms with E-state index in [1.807, 2.05) is 30.3 Å². The number of hydrogen-bond acceptors (Lipinski definition) is 4. The van der Waals surface area contributed by atoms with Crippen molar-refractivity contribution in [2.75, 3.05) is 5.32 Å². The van der Waals surface area contributed by atoms with Gasteiger partial charge in [0.25, 0.3) is 0 Å². The summed E-state index contributed by atoms with van der Waals surface area (Å²) in [5.41, 5.74) is 1.12. The molecule has 1 aromatic heterocycles. The number of anilines is 1. The molecule has 18 heavy (non-hydrogen) atoms. The van der Waals surface area contributed by atoms with Crippen molar-refractivity contribution < 1.29 is 8.42 Å². The maximum absolute atomic E-state index is 11.0. The smallest absolute Gasteiger partial charge is 0.239 e. The molecule has 94 valence electrons. The second-order valence-electron chi connectivity index (χ2n) is 3.76. The normalized spacial score (nSPS) is 11.2.